The summed E-state index contributed by atoms with van der Waals surface area (Å²) in [4.78, 5) is 23.1. The highest BCUT2D eigenvalue weighted by molar-refractivity contribution is 6.30. The highest BCUT2D eigenvalue weighted by atomic mass is 35.5. The van der Waals surface area contributed by atoms with E-state index in [1.54, 1.807) is 18.2 Å². The van der Waals surface area contributed by atoms with Crippen molar-refractivity contribution in [3.63, 3.8) is 0 Å². The zero-order valence-electron chi connectivity index (χ0n) is 11.1. The first kappa shape index (κ1) is 14.7. The van der Waals surface area contributed by atoms with E-state index in [2.05, 4.69) is 5.32 Å². The van der Waals surface area contributed by atoms with E-state index in [0.717, 1.165) is 12.8 Å². The predicted molar refractivity (Wildman–Crippen MR) is 74.2 cm³/mol. The van der Waals surface area contributed by atoms with Crippen molar-refractivity contribution >= 4 is 23.5 Å². The first-order chi connectivity index (χ1) is 9.51. The molecule has 20 heavy (non-hydrogen) atoms. The van der Waals surface area contributed by atoms with Crippen LogP contribution >= 0.6 is 11.6 Å². The topological polar surface area (TPSA) is 75.6 Å². The number of hydrogen-bond acceptors (Lipinski definition) is 3. The molecule has 1 aliphatic carbocycles. The maximum Gasteiger partial charge on any atom is 0.305 e. The molecule has 1 aliphatic rings. The minimum atomic E-state index is -0.912. The fourth-order valence-electron chi connectivity index (χ4n) is 2.12. The summed E-state index contributed by atoms with van der Waals surface area (Å²) in [5.74, 6) is -0.616. The Balaban J connectivity index is 2.12. The van der Waals surface area contributed by atoms with Gasteiger partial charge in [0, 0.05) is 11.1 Å². The lowest BCUT2D eigenvalue weighted by atomic mass is 10.1. The SMILES string of the molecule is COc1cc(Cl)ccc1C(=O)NC(CC(=O)O)C1CC1. The molecule has 1 saturated carbocycles. The fraction of sp³-hybridized carbons (Fsp3) is 0.429. The Kier molecular flexibility index (Phi) is 4.49. The van der Waals surface area contributed by atoms with Gasteiger partial charge in [-0.05, 0) is 37.0 Å². The highest BCUT2D eigenvalue weighted by Gasteiger charge is 2.34. The molecule has 1 aromatic carbocycles. The number of methoxy groups -OCH3 is 1. The number of carbonyl (C=O) groups is 2. The maximum absolute atomic E-state index is 12.2. The van der Waals surface area contributed by atoms with Gasteiger partial charge in [0.2, 0.25) is 0 Å². The summed E-state index contributed by atoms with van der Waals surface area (Å²) in [7, 11) is 1.46. The normalized spacial score (nSPS) is 15.5. The number of benzene rings is 1. The van der Waals surface area contributed by atoms with Crippen molar-refractivity contribution < 1.29 is 19.4 Å². The molecule has 0 aromatic heterocycles. The molecule has 2 rings (SSSR count). The minimum Gasteiger partial charge on any atom is -0.496 e. The maximum atomic E-state index is 12.2. The summed E-state index contributed by atoms with van der Waals surface area (Å²) in [6.45, 7) is 0. The van der Waals surface area contributed by atoms with Crippen molar-refractivity contribution in [2.75, 3.05) is 7.11 Å². The number of nitrogens with one attached hydrogen (secondary N) is 1. The zero-order valence-corrected chi connectivity index (χ0v) is 11.8. The van der Waals surface area contributed by atoms with Crippen LogP contribution in [0.2, 0.25) is 5.02 Å². The average Bonchev–Trinajstić information content (AvgIpc) is 3.21. The Morgan fingerprint density at radius 1 is 1.50 bits per heavy atom. The van der Waals surface area contributed by atoms with E-state index in [1.807, 2.05) is 0 Å². The molecule has 1 atom stereocenters. The second kappa shape index (κ2) is 6.13. The van der Waals surface area contributed by atoms with Gasteiger partial charge in [0.1, 0.15) is 5.75 Å². The van der Waals surface area contributed by atoms with Crippen LogP contribution in [-0.2, 0) is 4.79 Å². The number of carbonyl (C=O) groups excluding carboxylic acids is 1. The molecule has 1 unspecified atom stereocenters. The monoisotopic (exact) mass is 297 g/mol. The first-order valence-corrected chi connectivity index (χ1v) is 6.75. The van der Waals surface area contributed by atoms with E-state index in [0.29, 0.717) is 16.3 Å². The van der Waals surface area contributed by atoms with Crippen LogP contribution in [0.5, 0.6) is 5.75 Å². The van der Waals surface area contributed by atoms with Gasteiger partial charge in [-0.1, -0.05) is 11.6 Å². The second-order valence-corrected chi connectivity index (χ2v) is 5.30. The average molecular weight is 298 g/mol. The van der Waals surface area contributed by atoms with Crippen LogP contribution in [0.25, 0.3) is 0 Å². The Bertz CT molecular complexity index is 528. The van der Waals surface area contributed by atoms with Gasteiger partial charge in [0.15, 0.2) is 0 Å². The van der Waals surface area contributed by atoms with Gasteiger partial charge < -0.3 is 15.2 Å². The van der Waals surface area contributed by atoms with Crippen LogP contribution in [0.15, 0.2) is 18.2 Å². The third-order valence-corrected chi connectivity index (χ3v) is 3.55. The molecule has 0 bridgehead atoms. The van der Waals surface area contributed by atoms with Gasteiger partial charge in [-0.3, -0.25) is 9.59 Å². The Labute approximate surface area is 121 Å². The molecular weight excluding hydrogens is 282 g/mol. The van der Waals surface area contributed by atoms with Crippen LogP contribution < -0.4 is 10.1 Å². The van der Waals surface area contributed by atoms with Gasteiger partial charge in [0.25, 0.3) is 5.91 Å². The van der Waals surface area contributed by atoms with Crippen LogP contribution in [-0.4, -0.2) is 30.1 Å². The molecular formula is C14H16ClNO4. The van der Waals surface area contributed by atoms with E-state index < -0.39 is 5.97 Å². The summed E-state index contributed by atoms with van der Waals surface area (Å²) < 4.78 is 5.12. The molecule has 1 aromatic rings. The summed E-state index contributed by atoms with van der Waals surface area (Å²) in [6.07, 6.45) is 1.85. The zero-order chi connectivity index (χ0) is 14.7. The number of carboxylic acid groups (broad SMARTS) is 1. The summed E-state index contributed by atoms with van der Waals surface area (Å²) in [6, 6.07) is 4.39. The van der Waals surface area contributed by atoms with Crippen molar-refractivity contribution in [3.8, 4) is 5.75 Å². The van der Waals surface area contributed by atoms with Crippen molar-refractivity contribution in [1.82, 2.24) is 5.32 Å². The molecule has 2 N–H and O–H groups in total. The van der Waals surface area contributed by atoms with E-state index in [1.165, 1.54) is 7.11 Å². The lowest BCUT2D eigenvalue weighted by Gasteiger charge is -2.17. The van der Waals surface area contributed by atoms with E-state index in [-0.39, 0.29) is 24.3 Å². The van der Waals surface area contributed by atoms with Gasteiger partial charge in [-0.2, -0.15) is 0 Å². The number of amides is 1. The third-order valence-electron chi connectivity index (χ3n) is 3.31. The van der Waals surface area contributed by atoms with Gasteiger partial charge in [0.05, 0.1) is 19.1 Å². The van der Waals surface area contributed by atoms with E-state index in [9.17, 15) is 9.59 Å². The second-order valence-electron chi connectivity index (χ2n) is 4.86. The van der Waals surface area contributed by atoms with E-state index >= 15 is 0 Å². The highest BCUT2D eigenvalue weighted by Crippen LogP contribution is 2.34. The van der Waals surface area contributed by atoms with E-state index in [4.69, 9.17) is 21.4 Å². The van der Waals surface area contributed by atoms with Crippen molar-refractivity contribution in [3.05, 3.63) is 28.8 Å². The van der Waals surface area contributed by atoms with Gasteiger partial charge in [-0.15, -0.1) is 0 Å². The summed E-state index contributed by atoms with van der Waals surface area (Å²) in [5, 5.41) is 12.1. The molecule has 108 valence electrons. The van der Waals surface area contributed by atoms with Crippen molar-refractivity contribution in [2.45, 2.75) is 25.3 Å². The van der Waals surface area contributed by atoms with Crippen molar-refractivity contribution in [1.29, 1.82) is 0 Å². The molecule has 0 spiro atoms. The number of ether oxygens (including phenoxy) is 1. The lowest BCUT2D eigenvalue weighted by Crippen LogP contribution is -2.38. The molecule has 6 heteroatoms. The number of aliphatic carboxylic acids is 1. The third kappa shape index (κ3) is 3.63. The Morgan fingerprint density at radius 3 is 2.75 bits per heavy atom. The molecule has 0 radical (unpaired) electrons. The summed E-state index contributed by atoms with van der Waals surface area (Å²) >= 11 is 5.85. The van der Waals surface area contributed by atoms with Crippen LogP contribution in [0.1, 0.15) is 29.6 Å². The Hall–Kier alpha value is -1.75. The molecule has 1 amide bonds. The molecule has 0 aliphatic heterocycles. The van der Waals surface area contributed by atoms with Crippen LogP contribution in [0.4, 0.5) is 0 Å². The Morgan fingerprint density at radius 2 is 2.20 bits per heavy atom. The molecule has 0 saturated heterocycles. The standard InChI is InChI=1S/C14H16ClNO4/c1-20-12-6-9(15)4-5-10(12)14(19)16-11(7-13(17)18)8-2-3-8/h4-6,8,11H,2-3,7H2,1H3,(H,16,19)(H,17,18). The first-order valence-electron chi connectivity index (χ1n) is 6.37. The number of carboxylic acids is 1. The smallest absolute Gasteiger partial charge is 0.305 e. The lowest BCUT2D eigenvalue weighted by molar-refractivity contribution is -0.137. The number of hydrogen-bond donors (Lipinski definition) is 2. The van der Waals surface area contributed by atoms with Crippen LogP contribution in [0.3, 0.4) is 0 Å². The summed E-state index contributed by atoms with van der Waals surface area (Å²) in [5.41, 5.74) is 0.355. The number of rotatable bonds is 6. The predicted octanol–water partition coefficient (Wildman–Crippen LogP) is 2.33. The van der Waals surface area contributed by atoms with Crippen LogP contribution in [0, 0.1) is 5.92 Å². The largest absolute Gasteiger partial charge is 0.496 e. The minimum absolute atomic E-state index is 0.0632. The van der Waals surface area contributed by atoms with Crippen molar-refractivity contribution in [2.24, 2.45) is 5.92 Å². The number of halogens is 1. The van der Waals surface area contributed by atoms with Gasteiger partial charge >= 0.3 is 5.97 Å². The quantitative estimate of drug-likeness (QED) is 0.845. The fourth-order valence-corrected chi connectivity index (χ4v) is 2.28. The molecule has 0 heterocycles. The molecule has 1 fully saturated rings. The molecule has 5 nitrogen and oxygen atoms in total. The van der Waals surface area contributed by atoms with Gasteiger partial charge in [-0.25, -0.2) is 0 Å².